The number of carbonyl (C=O) groups excluding carboxylic acids is 1. The van der Waals surface area contributed by atoms with Crippen LogP contribution in [0.25, 0.3) is 21.7 Å². The molecule has 0 unspecified atom stereocenters. The lowest BCUT2D eigenvalue weighted by Crippen LogP contribution is -2.11. The lowest BCUT2D eigenvalue weighted by Gasteiger charge is -2.04. The molecule has 3 aromatic carbocycles. The van der Waals surface area contributed by atoms with Gasteiger partial charge in [-0.15, -0.1) is 11.8 Å². The summed E-state index contributed by atoms with van der Waals surface area (Å²) in [4.78, 5) is 19.7. The molecule has 1 aromatic heterocycles. The Kier molecular flexibility index (Phi) is 6.08. The first-order chi connectivity index (χ1) is 14.2. The van der Waals surface area contributed by atoms with Crippen LogP contribution in [0.1, 0.15) is 17.3 Å². The normalized spacial score (nSPS) is 10.7. The second-order valence-corrected chi connectivity index (χ2v) is 8.68. The second-order valence-electron chi connectivity index (χ2n) is 6.34. The number of benzene rings is 3. The predicted octanol–water partition coefficient (Wildman–Crippen LogP) is 6.84. The van der Waals surface area contributed by atoms with Crippen molar-refractivity contribution in [3.8, 4) is 21.7 Å². The van der Waals surface area contributed by atoms with Crippen LogP contribution in [-0.4, -0.2) is 16.6 Å². The minimum Gasteiger partial charge on any atom is -0.298 e. The van der Waals surface area contributed by atoms with E-state index in [1.54, 1.807) is 11.8 Å². The Labute approximate surface area is 178 Å². The highest BCUT2D eigenvalue weighted by atomic mass is 32.2. The van der Waals surface area contributed by atoms with Crippen LogP contribution in [0.2, 0.25) is 0 Å². The van der Waals surface area contributed by atoms with Crippen LogP contribution in [0.3, 0.4) is 0 Å². The molecule has 0 spiro atoms. The number of carbonyl (C=O) groups is 1. The first kappa shape index (κ1) is 19.4. The minimum absolute atomic E-state index is 0.142. The first-order valence-electron chi connectivity index (χ1n) is 9.40. The molecule has 5 heteroatoms. The van der Waals surface area contributed by atoms with Crippen molar-refractivity contribution >= 4 is 34.1 Å². The van der Waals surface area contributed by atoms with E-state index in [1.807, 2.05) is 72.8 Å². The zero-order valence-corrected chi connectivity index (χ0v) is 17.6. The van der Waals surface area contributed by atoms with Gasteiger partial charge in [0.05, 0.1) is 10.6 Å². The number of nitrogens with one attached hydrogen (secondary N) is 1. The third-order valence-electron chi connectivity index (χ3n) is 4.34. The van der Waals surface area contributed by atoms with E-state index in [0.717, 1.165) is 32.3 Å². The van der Waals surface area contributed by atoms with Crippen molar-refractivity contribution in [1.82, 2.24) is 4.98 Å². The summed E-state index contributed by atoms with van der Waals surface area (Å²) in [5.41, 5.74) is 3.64. The van der Waals surface area contributed by atoms with Crippen molar-refractivity contribution in [3.63, 3.8) is 0 Å². The lowest BCUT2D eigenvalue weighted by molar-refractivity contribution is 0.102. The van der Waals surface area contributed by atoms with Gasteiger partial charge in [0.15, 0.2) is 5.13 Å². The summed E-state index contributed by atoms with van der Waals surface area (Å²) in [6, 6.07) is 27.9. The topological polar surface area (TPSA) is 42.0 Å². The van der Waals surface area contributed by atoms with Gasteiger partial charge in [0.25, 0.3) is 5.91 Å². The van der Waals surface area contributed by atoms with Crippen molar-refractivity contribution in [3.05, 3.63) is 90.5 Å². The van der Waals surface area contributed by atoms with Gasteiger partial charge in [-0.25, -0.2) is 4.98 Å². The SMILES string of the molecule is CCSc1cccc(C(=O)Nc2nc(-c3ccccc3)c(-c3ccccc3)s2)c1. The Morgan fingerprint density at radius 2 is 1.62 bits per heavy atom. The zero-order valence-electron chi connectivity index (χ0n) is 16.0. The fourth-order valence-corrected chi connectivity index (χ4v) is 4.72. The molecule has 4 rings (SSSR count). The number of hydrogen-bond acceptors (Lipinski definition) is 4. The molecule has 0 atom stereocenters. The summed E-state index contributed by atoms with van der Waals surface area (Å²) in [7, 11) is 0. The molecular formula is C24H20N2OS2. The summed E-state index contributed by atoms with van der Waals surface area (Å²) in [6.45, 7) is 2.10. The maximum absolute atomic E-state index is 12.8. The average molecular weight is 417 g/mol. The molecule has 1 heterocycles. The number of hydrogen-bond donors (Lipinski definition) is 1. The number of nitrogens with zero attached hydrogens (tertiary/aromatic N) is 1. The summed E-state index contributed by atoms with van der Waals surface area (Å²) >= 11 is 3.22. The molecule has 0 bridgehead atoms. The van der Waals surface area contributed by atoms with E-state index < -0.39 is 0 Å². The molecule has 144 valence electrons. The molecule has 1 N–H and O–H groups in total. The van der Waals surface area contributed by atoms with E-state index in [-0.39, 0.29) is 5.91 Å². The maximum Gasteiger partial charge on any atom is 0.257 e. The third-order valence-corrected chi connectivity index (χ3v) is 6.23. The molecule has 4 aromatic rings. The molecule has 0 saturated carbocycles. The Hall–Kier alpha value is -2.89. The van der Waals surface area contributed by atoms with Crippen molar-refractivity contribution in [2.45, 2.75) is 11.8 Å². The van der Waals surface area contributed by atoms with Gasteiger partial charge in [0, 0.05) is 16.0 Å². The van der Waals surface area contributed by atoms with Crippen LogP contribution in [0.15, 0.2) is 89.8 Å². The summed E-state index contributed by atoms with van der Waals surface area (Å²) < 4.78 is 0. The van der Waals surface area contributed by atoms with Gasteiger partial charge in [-0.1, -0.05) is 85.0 Å². The average Bonchev–Trinajstić information content (AvgIpc) is 3.19. The quantitative estimate of drug-likeness (QED) is 0.350. The highest BCUT2D eigenvalue weighted by Gasteiger charge is 2.17. The van der Waals surface area contributed by atoms with Crippen LogP contribution < -0.4 is 5.32 Å². The Morgan fingerprint density at radius 1 is 0.931 bits per heavy atom. The number of thiazole rings is 1. The van der Waals surface area contributed by atoms with Crippen LogP contribution in [0.5, 0.6) is 0 Å². The Balaban J connectivity index is 1.67. The number of amides is 1. The molecule has 1 amide bonds. The largest absolute Gasteiger partial charge is 0.298 e. The predicted molar refractivity (Wildman–Crippen MR) is 124 cm³/mol. The number of aromatic nitrogens is 1. The molecule has 0 fully saturated rings. The van der Waals surface area contributed by atoms with Gasteiger partial charge in [0.2, 0.25) is 0 Å². The fourth-order valence-electron chi connectivity index (χ4n) is 3.01. The monoisotopic (exact) mass is 416 g/mol. The molecular weight excluding hydrogens is 396 g/mol. The highest BCUT2D eigenvalue weighted by molar-refractivity contribution is 7.99. The van der Waals surface area contributed by atoms with E-state index in [2.05, 4.69) is 24.4 Å². The van der Waals surface area contributed by atoms with Gasteiger partial charge in [-0.3, -0.25) is 10.1 Å². The molecule has 0 aliphatic heterocycles. The van der Waals surface area contributed by atoms with Crippen LogP contribution in [-0.2, 0) is 0 Å². The van der Waals surface area contributed by atoms with Gasteiger partial charge in [-0.05, 0) is 29.5 Å². The summed E-state index contributed by atoms with van der Waals surface area (Å²) in [5, 5.41) is 3.59. The summed E-state index contributed by atoms with van der Waals surface area (Å²) in [6.07, 6.45) is 0. The van der Waals surface area contributed by atoms with Crippen LogP contribution in [0.4, 0.5) is 5.13 Å². The Morgan fingerprint density at radius 3 is 2.31 bits per heavy atom. The van der Waals surface area contributed by atoms with E-state index in [4.69, 9.17) is 4.98 Å². The van der Waals surface area contributed by atoms with Gasteiger partial charge in [-0.2, -0.15) is 0 Å². The highest BCUT2D eigenvalue weighted by Crippen LogP contribution is 2.39. The molecule has 0 aliphatic carbocycles. The second kappa shape index (κ2) is 9.07. The van der Waals surface area contributed by atoms with Crippen molar-refractivity contribution in [2.75, 3.05) is 11.1 Å². The van der Waals surface area contributed by atoms with Gasteiger partial charge in [0.1, 0.15) is 0 Å². The smallest absolute Gasteiger partial charge is 0.257 e. The van der Waals surface area contributed by atoms with Crippen LogP contribution in [0, 0.1) is 0 Å². The zero-order chi connectivity index (χ0) is 20.1. The van der Waals surface area contributed by atoms with Gasteiger partial charge < -0.3 is 0 Å². The number of thioether (sulfide) groups is 1. The molecule has 0 radical (unpaired) electrons. The number of rotatable bonds is 6. The fraction of sp³-hybridized carbons (Fsp3) is 0.0833. The van der Waals surface area contributed by atoms with Gasteiger partial charge >= 0.3 is 0 Å². The van der Waals surface area contributed by atoms with E-state index in [9.17, 15) is 4.79 Å². The Bertz CT molecular complexity index is 1050. The molecule has 0 aliphatic rings. The van der Waals surface area contributed by atoms with E-state index in [0.29, 0.717) is 10.7 Å². The standard InChI is InChI=1S/C24H20N2OS2/c1-2-28-20-15-9-14-19(16-20)23(27)26-24-25-21(17-10-5-3-6-11-17)22(29-24)18-12-7-4-8-13-18/h3-16H,2H2,1H3,(H,25,26,27). The van der Waals surface area contributed by atoms with Crippen molar-refractivity contribution in [1.29, 1.82) is 0 Å². The first-order valence-corrected chi connectivity index (χ1v) is 11.2. The number of anilines is 1. The lowest BCUT2D eigenvalue weighted by atomic mass is 10.1. The minimum atomic E-state index is -0.142. The van der Waals surface area contributed by atoms with Crippen molar-refractivity contribution in [2.24, 2.45) is 0 Å². The third kappa shape index (κ3) is 4.58. The molecule has 29 heavy (non-hydrogen) atoms. The van der Waals surface area contributed by atoms with Crippen molar-refractivity contribution < 1.29 is 4.79 Å². The molecule has 0 saturated heterocycles. The van der Waals surface area contributed by atoms with E-state index >= 15 is 0 Å². The maximum atomic E-state index is 12.8. The van der Waals surface area contributed by atoms with E-state index in [1.165, 1.54) is 11.3 Å². The van der Waals surface area contributed by atoms with Crippen LogP contribution >= 0.6 is 23.1 Å². The molecule has 3 nitrogen and oxygen atoms in total. The summed E-state index contributed by atoms with van der Waals surface area (Å²) in [5.74, 6) is 0.829.